The van der Waals surface area contributed by atoms with Crippen LogP contribution in [0.5, 0.6) is 5.75 Å². The molecule has 0 bridgehead atoms. The number of carbonyl (C=O) groups excluding carboxylic acids is 6. The van der Waals surface area contributed by atoms with Crippen LogP contribution < -0.4 is 16.0 Å². The first kappa shape index (κ1) is 27.2. The molecule has 0 aromatic heterocycles. The molecule has 2 unspecified atom stereocenters. The zero-order valence-corrected chi connectivity index (χ0v) is 22.2. The number of aromatic hydroxyl groups is 1. The van der Waals surface area contributed by atoms with Gasteiger partial charge in [-0.25, -0.2) is 0 Å². The van der Waals surface area contributed by atoms with E-state index in [-0.39, 0.29) is 42.0 Å². The van der Waals surface area contributed by atoms with Gasteiger partial charge in [-0.1, -0.05) is 12.1 Å². The molecule has 5 N–H and O–H groups in total. The number of rotatable bonds is 4. The summed E-state index contributed by atoms with van der Waals surface area (Å²) in [5, 5.41) is 25.5. The lowest BCUT2D eigenvalue weighted by molar-refractivity contribution is -0.175. The van der Waals surface area contributed by atoms with Crippen LogP contribution >= 0.6 is 0 Å². The number of fused-ring (bicyclic) bond motifs is 3. The molecule has 0 radical (unpaired) electrons. The number of anilines is 2. The van der Waals surface area contributed by atoms with E-state index in [1.165, 1.54) is 6.92 Å². The Bertz CT molecular complexity index is 1530. The van der Waals surface area contributed by atoms with Gasteiger partial charge in [0, 0.05) is 50.3 Å². The van der Waals surface area contributed by atoms with E-state index in [1.54, 1.807) is 49.3 Å². The van der Waals surface area contributed by atoms with E-state index < -0.39 is 58.3 Å². The largest absolute Gasteiger partial charge is 0.507 e. The SMILES string of the molecule is CC(=O)Nc1cccc(-c2cc(N(C)C)c3c(c2O)C(=O)C2C(=O)[C@]4(O)C(=O)C(C(N)=O)C(=O)C[C@@H]4C[C@@H]2C3)c1. The number of carbonyl (C=O) groups is 6. The second-order valence-electron chi connectivity index (χ2n) is 11.0. The minimum absolute atomic E-state index is 0.0230. The lowest BCUT2D eigenvalue weighted by Gasteiger charge is -2.48. The molecule has 2 aromatic rings. The molecule has 0 saturated heterocycles. The maximum absolute atomic E-state index is 14.0. The highest BCUT2D eigenvalue weighted by Gasteiger charge is 2.66. The molecule has 0 heterocycles. The Morgan fingerprint density at radius 3 is 2.40 bits per heavy atom. The van der Waals surface area contributed by atoms with Crippen molar-refractivity contribution in [2.45, 2.75) is 31.8 Å². The average molecular weight is 548 g/mol. The first-order valence-corrected chi connectivity index (χ1v) is 12.9. The van der Waals surface area contributed by atoms with E-state index in [2.05, 4.69) is 5.32 Å². The molecule has 208 valence electrons. The van der Waals surface area contributed by atoms with Gasteiger partial charge in [-0.2, -0.15) is 0 Å². The minimum Gasteiger partial charge on any atom is -0.507 e. The van der Waals surface area contributed by atoms with Crippen molar-refractivity contribution >= 4 is 46.3 Å². The molecule has 11 heteroatoms. The number of nitrogens with two attached hydrogens (primary N) is 1. The van der Waals surface area contributed by atoms with Gasteiger partial charge in [0.2, 0.25) is 11.8 Å². The number of ketones is 4. The molecule has 11 nitrogen and oxygen atoms in total. The Kier molecular flexibility index (Phi) is 6.37. The average Bonchev–Trinajstić information content (AvgIpc) is 2.85. The van der Waals surface area contributed by atoms with Crippen LogP contribution in [0.1, 0.15) is 35.7 Å². The summed E-state index contributed by atoms with van der Waals surface area (Å²) >= 11 is 0. The smallest absolute Gasteiger partial charge is 0.235 e. The van der Waals surface area contributed by atoms with Gasteiger partial charge in [0.1, 0.15) is 5.75 Å². The highest BCUT2D eigenvalue weighted by Crippen LogP contribution is 2.52. The predicted octanol–water partition coefficient (Wildman–Crippen LogP) is 1.02. The van der Waals surface area contributed by atoms with Crippen LogP contribution in [0.2, 0.25) is 0 Å². The van der Waals surface area contributed by atoms with E-state index in [0.29, 0.717) is 22.5 Å². The molecule has 3 aliphatic carbocycles. The summed E-state index contributed by atoms with van der Waals surface area (Å²) < 4.78 is 0. The van der Waals surface area contributed by atoms with Crippen molar-refractivity contribution in [3.63, 3.8) is 0 Å². The van der Waals surface area contributed by atoms with E-state index >= 15 is 0 Å². The van der Waals surface area contributed by atoms with Gasteiger partial charge in [0.15, 0.2) is 34.7 Å². The molecule has 0 spiro atoms. The van der Waals surface area contributed by atoms with Crippen LogP contribution in [0.3, 0.4) is 0 Å². The quantitative estimate of drug-likeness (QED) is 0.406. The van der Waals surface area contributed by atoms with Gasteiger partial charge in [-0.05, 0) is 48.1 Å². The minimum atomic E-state index is -2.70. The van der Waals surface area contributed by atoms with Gasteiger partial charge >= 0.3 is 0 Å². The topological polar surface area (TPSA) is 184 Å². The number of aliphatic hydroxyl groups is 1. The van der Waals surface area contributed by atoms with Crippen LogP contribution in [0.25, 0.3) is 11.1 Å². The third-order valence-corrected chi connectivity index (χ3v) is 8.35. The number of amides is 2. The Morgan fingerprint density at radius 2 is 1.77 bits per heavy atom. The van der Waals surface area contributed by atoms with E-state index in [0.717, 1.165) is 0 Å². The van der Waals surface area contributed by atoms with Gasteiger partial charge in [-0.15, -0.1) is 0 Å². The molecular weight excluding hydrogens is 518 g/mol. The fourth-order valence-corrected chi connectivity index (χ4v) is 6.60. The zero-order chi connectivity index (χ0) is 29.3. The first-order chi connectivity index (χ1) is 18.8. The third-order valence-electron chi connectivity index (χ3n) is 8.35. The second kappa shape index (κ2) is 9.37. The molecule has 40 heavy (non-hydrogen) atoms. The van der Waals surface area contributed by atoms with Gasteiger partial charge < -0.3 is 26.2 Å². The highest BCUT2D eigenvalue weighted by atomic mass is 16.3. The first-order valence-electron chi connectivity index (χ1n) is 12.9. The number of nitrogens with one attached hydrogen (secondary N) is 1. The van der Waals surface area contributed by atoms with Crippen molar-refractivity contribution in [3.05, 3.63) is 41.5 Å². The van der Waals surface area contributed by atoms with Crippen molar-refractivity contribution in [3.8, 4) is 16.9 Å². The standard InChI is InChI=1S/C29H29N3O8/c1-12(33)31-16-6-4-5-13(8-16)17-11-19(32(2)3)18-9-14-7-15-10-20(34)23(28(30)39)27(38)29(15,40)26(37)21(14)25(36)22(18)24(17)35/h4-6,8,11,14-15,21,23,35,40H,7,9-10H2,1-3H3,(H2,30,39)(H,31,33)/t14-,15+,21?,23?,29+/m1/s1. The van der Waals surface area contributed by atoms with E-state index in [1.807, 2.05) is 0 Å². The summed E-state index contributed by atoms with van der Waals surface area (Å²) in [4.78, 5) is 78.6. The van der Waals surface area contributed by atoms with E-state index in [9.17, 15) is 39.0 Å². The predicted molar refractivity (Wildman–Crippen MR) is 143 cm³/mol. The van der Waals surface area contributed by atoms with Crippen LogP contribution in [0.15, 0.2) is 30.3 Å². The summed E-state index contributed by atoms with van der Waals surface area (Å²) in [5.74, 6) is -10.9. The molecule has 0 aliphatic heterocycles. The lowest BCUT2D eigenvalue weighted by Crippen LogP contribution is -2.68. The Labute approximate surface area is 229 Å². The van der Waals surface area contributed by atoms with Crippen molar-refractivity contribution in [1.82, 2.24) is 0 Å². The number of hydrogen-bond donors (Lipinski definition) is 4. The summed E-state index contributed by atoms with van der Waals surface area (Å²) in [5.41, 5.74) is 4.85. The fourth-order valence-electron chi connectivity index (χ4n) is 6.60. The number of hydrogen-bond acceptors (Lipinski definition) is 9. The Hall–Kier alpha value is -4.38. The third kappa shape index (κ3) is 3.91. The van der Waals surface area contributed by atoms with Gasteiger partial charge in [0.25, 0.3) is 0 Å². The number of nitrogens with zero attached hydrogens (tertiary/aromatic N) is 1. The Morgan fingerprint density at radius 1 is 1.07 bits per heavy atom. The molecule has 2 saturated carbocycles. The lowest BCUT2D eigenvalue weighted by atomic mass is 9.53. The van der Waals surface area contributed by atoms with Crippen molar-refractivity contribution in [2.75, 3.05) is 24.3 Å². The Balaban J connectivity index is 1.64. The summed E-state index contributed by atoms with van der Waals surface area (Å²) in [7, 11) is 3.54. The molecule has 2 aromatic carbocycles. The van der Waals surface area contributed by atoms with Crippen LogP contribution in [-0.2, 0) is 30.4 Å². The second-order valence-corrected chi connectivity index (χ2v) is 11.0. The van der Waals surface area contributed by atoms with Gasteiger partial charge in [0.05, 0.1) is 11.5 Å². The summed E-state index contributed by atoms with van der Waals surface area (Å²) in [6.07, 6.45) is -0.185. The molecule has 5 rings (SSSR count). The normalized spacial score (nSPS) is 27.4. The van der Waals surface area contributed by atoms with E-state index in [4.69, 9.17) is 5.73 Å². The van der Waals surface area contributed by atoms with Crippen LogP contribution in [0, 0.1) is 23.7 Å². The molecule has 5 atom stereocenters. The molecule has 2 fully saturated rings. The number of phenolic OH excluding ortho intramolecular Hbond substituents is 1. The van der Waals surface area contributed by atoms with Crippen molar-refractivity contribution in [2.24, 2.45) is 29.4 Å². The zero-order valence-electron chi connectivity index (χ0n) is 22.2. The summed E-state index contributed by atoms with van der Waals surface area (Å²) in [6.45, 7) is 1.36. The van der Waals surface area contributed by atoms with Gasteiger partial charge in [-0.3, -0.25) is 28.8 Å². The van der Waals surface area contributed by atoms with Crippen molar-refractivity contribution < 1.29 is 39.0 Å². The number of Topliss-reactive ketones (excluding diaryl/α,β-unsaturated/α-hetero) is 4. The molecule has 3 aliphatic rings. The highest BCUT2D eigenvalue weighted by molar-refractivity contribution is 6.31. The monoisotopic (exact) mass is 547 g/mol. The van der Waals surface area contributed by atoms with Crippen LogP contribution in [0.4, 0.5) is 11.4 Å². The molecule has 2 amide bonds. The number of primary amides is 1. The number of benzene rings is 2. The van der Waals surface area contributed by atoms with Crippen LogP contribution in [-0.4, -0.2) is 64.9 Å². The fraction of sp³-hybridized carbons (Fsp3) is 0.379. The maximum Gasteiger partial charge on any atom is 0.235 e. The van der Waals surface area contributed by atoms with Crippen molar-refractivity contribution in [1.29, 1.82) is 0 Å². The molecular formula is C29H29N3O8. The summed E-state index contributed by atoms with van der Waals surface area (Å²) in [6, 6.07) is 8.41. The maximum atomic E-state index is 14.0. The number of phenols is 1.